The van der Waals surface area contributed by atoms with Crippen LogP contribution in [0, 0.1) is 6.92 Å². The molecule has 662 valence electrons. The van der Waals surface area contributed by atoms with Crippen molar-refractivity contribution in [1.82, 2.24) is 16.0 Å². The van der Waals surface area contributed by atoms with Gasteiger partial charge in [0.25, 0.3) is 5.91 Å². The van der Waals surface area contributed by atoms with Crippen molar-refractivity contribution in [3.8, 4) is 97.7 Å². The summed E-state index contributed by atoms with van der Waals surface area (Å²) < 4.78 is 72.3. The third kappa shape index (κ3) is 17.4. The highest BCUT2D eigenvalue weighted by atomic mass is 16.8. The Morgan fingerprint density at radius 3 is 1.25 bits per heavy atom. The van der Waals surface area contributed by atoms with E-state index in [2.05, 4.69) is 16.0 Å². The number of carboxylic acids is 1. The van der Waals surface area contributed by atoms with Crippen molar-refractivity contribution in [3.63, 3.8) is 0 Å². The topological polar surface area (TPSA) is 735 Å². The highest BCUT2D eigenvalue weighted by molar-refractivity contribution is 5.92. The molecular formula is C77H87N3O42. The van der Waals surface area contributed by atoms with Crippen LogP contribution in [0.15, 0.2) is 60.7 Å². The number of aliphatic hydroxyl groups is 8. The number of benzene rings is 6. The SMILES string of the molecule is CO[C@@H]1C(C(=O)O)O[C@@H](O[C@@H]2C(NC(C)=O)[C@H](O[C@@H]3C(C(=O)NCC(c4c(O)cc(O)c5c4O[C@H](c4cc(O)c(O)c(O)c4)[C@H](OC(=O)c4cc(O)c(C)c(O)c4)C5)c4c(O)cc(O)c5c4O[C@H](c4cc(O)c(O)c(O)c4)[C@H](OC(=O)c4cc(O)c(O)c(O)c4)C5)O[C@@H](O[C@@H]4C(NC(C)=O)[C@H](C)OC(CO)[C@H]4O)C(O)[C@H]3O)OC(CO)[C@H]2O)C(O)[C@H]1O. The van der Waals surface area contributed by atoms with Gasteiger partial charge in [0.1, 0.15) is 137 Å². The molecule has 6 aromatic carbocycles. The van der Waals surface area contributed by atoms with Crippen molar-refractivity contribution >= 4 is 35.6 Å². The summed E-state index contributed by atoms with van der Waals surface area (Å²) >= 11 is 0. The van der Waals surface area contributed by atoms with Crippen molar-refractivity contribution in [1.29, 1.82) is 0 Å². The molecule has 0 aromatic heterocycles. The maximum Gasteiger partial charge on any atom is 0.338 e. The van der Waals surface area contributed by atoms with Gasteiger partial charge in [-0.15, -0.1) is 0 Å². The van der Waals surface area contributed by atoms with E-state index in [-0.39, 0.29) is 5.56 Å². The van der Waals surface area contributed by atoms with Crippen LogP contribution in [0.1, 0.15) is 98.6 Å². The second-order valence-electron chi connectivity index (χ2n) is 29.6. The number of phenols is 15. The fraction of sp³-hybridized carbons (Fsp3) is 0.455. The molecule has 0 spiro atoms. The van der Waals surface area contributed by atoms with Crippen molar-refractivity contribution in [2.75, 3.05) is 26.9 Å². The van der Waals surface area contributed by atoms with E-state index in [4.69, 9.17) is 56.8 Å². The number of carboxylic acid groups (broad SMARTS) is 1. The first-order chi connectivity index (χ1) is 57.6. The molecule has 0 bridgehead atoms. The lowest BCUT2D eigenvalue weighted by Crippen LogP contribution is -2.71. The quantitative estimate of drug-likeness (QED) is 0.0225. The van der Waals surface area contributed by atoms with Crippen LogP contribution in [0.2, 0.25) is 0 Å². The number of rotatable bonds is 23. The molecule has 27 N–H and O–H groups in total. The lowest BCUT2D eigenvalue weighted by Gasteiger charge is -2.50. The van der Waals surface area contributed by atoms with E-state index in [1.54, 1.807) is 0 Å². The average molecular weight is 1730 g/mol. The third-order valence-electron chi connectivity index (χ3n) is 21.6. The Kier molecular flexibility index (Phi) is 26.1. The van der Waals surface area contributed by atoms with Gasteiger partial charge in [-0.2, -0.15) is 0 Å². The van der Waals surface area contributed by atoms with Crippen molar-refractivity contribution < 1.29 is 208 Å². The Labute approximate surface area is 686 Å². The molecule has 122 heavy (non-hydrogen) atoms. The molecule has 4 saturated heterocycles. The van der Waals surface area contributed by atoms with Crippen LogP contribution in [0.25, 0.3) is 0 Å². The largest absolute Gasteiger partial charge is 0.508 e. The highest BCUT2D eigenvalue weighted by Crippen LogP contribution is 2.57. The smallest absolute Gasteiger partial charge is 0.338 e. The standard InChI is InChI=1S/C77H87N3O42/c1-21-32(85)10-27(11-33(21)86)73(109)113-44-14-29-34(87)16-36(89)48(63(29)116-61(44)25-6-38(91)52(97)39(92)7-25)31(49-37(90)17-35(88)30-15-45(114-74(110)28-12-42(95)54(99)43(96)13-28)62(117-64(30)49)26-8-40(93)53(98)41(94)9-26)18-78-71(106)69-68(58(103)60(105)76(121-69)118-65-50(79-23(3)83)22(2)112-46(19-81)55(65)100)120-75-51(80-24(4)84)66(56(101)47(20-82)115-75)119-77-59(104)57(102)67(111-5)70(122-77)72(107)108/h6-13,16-17,22,31,44-47,50-51,55-62,65-70,75-77,81-82,85-105H,14-15,18-20H2,1-5H3,(H,78,106)(H,79,83)(H,80,84)(H,107,108)/t22-,31?,44+,45+,46?,47?,50?,51?,55+,56+,57+,58+,59?,60?,61+,62+,65+,66+,67-,68-,69?,70?,75-,76+,77+/m0/s1. The molecule has 6 heterocycles. The number of methoxy groups -OCH3 is 1. The Bertz CT molecular complexity index is 4690. The van der Waals surface area contributed by atoms with E-state index in [9.17, 15) is 147 Å². The van der Waals surface area contributed by atoms with Gasteiger partial charge in [-0.25, -0.2) is 14.4 Å². The number of aliphatic hydroxyl groups excluding tert-OH is 8. The second-order valence-corrected chi connectivity index (χ2v) is 29.6. The Balaban J connectivity index is 1.03. The van der Waals surface area contributed by atoms with Gasteiger partial charge in [0, 0.05) is 97.3 Å². The lowest BCUT2D eigenvalue weighted by molar-refractivity contribution is -0.365. The molecular weight excluding hydrogens is 1640 g/mol. The molecule has 6 aromatic rings. The van der Waals surface area contributed by atoms with E-state index < -0.39 is 363 Å². The fourth-order valence-electron chi connectivity index (χ4n) is 15.5. The van der Waals surface area contributed by atoms with Crippen LogP contribution in [-0.2, 0) is 79.4 Å². The molecule has 45 heteroatoms. The summed E-state index contributed by atoms with van der Waals surface area (Å²) in [5, 5.41) is 278. The molecule has 25 atom stereocenters. The van der Waals surface area contributed by atoms with Gasteiger partial charge >= 0.3 is 17.9 Å². The number of carbonyl (C=O) groups excluding carboxylic acids is 5. The zero-order valence-corrected chi connectivity index (χ0v) is 64.3. The molecule has 0 radical (unpaired) electrons. The molecule has 12 rings (SSSR count). The lowest BCUT2D eigenvalue weighted by atomic mass is 9.82. The first-order valence-electron chi connectivity index (χ1n) is 37.2. The van der Waals surface area contributed by atoms with Crippen LogP contribution >= 0.6 is 0 Å². The second kappa shape index (κ2) is 35.7. The van der Waals surface area contributed by atoms with Gasteiger partial charge in [0.05, 0.1) is 36.5 Å². The van der Waals surface area contributed by atoms with Crippen molar-refractivity contribution in [3.05, 3.63) is 111 Å². The minimum Gasteiger partial charge on any atom is -0.508 e. The summed E-state index contributed by atoms with van der Waals surface area (Å²) in [6, 6.07) is 3.98. The summed E-state index contributed by atoms with van der Waals surface area (Å²) in [7, 11) is 0.967. The van der Waals surface area contributed by atoms with E-state index in [0.717, 1.165) is 57.4 Å². The summed E-state index contributed by atoms with van der Waals surface area (Å²) in [4.78, 5) is 83.4. The van der Waals surface area contributed by atoms with Gasteiger partial charge in [0.2, 0.25) is 11.8 Å². The molecule has 4 fully saturated rings. The average Bonchev–Trinajstić information content (AvgIpc) is 0.729. The Morgan fingerprint density at radius 1 is 0.451 bits per heavy atom. The van der Waals surface area contributed by atoms with Crippen LogP contribution in [0.3, 0.4) is 0 Å². The van der Waals surface area contributed by atoms with Gasteiger partial charge in [-0.1, -0.05) is 0 Å². The molecule has 9 unspecified atom stereocenters. The predicted octanol–water partition coefficient (Wildman–Crippen LogP) is -2.99. The summed E-state index contributed by atoms with van der Waals surface area (Å²) in [5.74, 6) is -26.8. The summed E-state index contributed by atoms with van der Waals surface area (Å²) in [6.45, 7) is 1.15. The first-order valence-corrected chi connectivity index (χ1v) is 37.2. The van der Waals surface area contributed by atoms with E-state index >= 15 is 4.79 Å². The molecule has 0 saturated carbocycles. The summed E-state index contributed by atoms with van der Waals surface area (Å²) in [5.41, 5.74) is -4.63. The van der Waals surface area contributed by atoms with Gasteiger partial charge < -0.3 is 195 Å². The van der Waals surface area contributed by atoms with Crippen LogP contribution < -0.4 is 25.4 Å². The van der Waals surface area contributed by atoms with E-state index in [1.807, 2.05) is 0 Å². The number of amides is 3. The van der Waals surface area contributed by atoms with Gasteiger partial charge in [0.15, 0.2) is 95.0 Å². The molecule has 0 aliphatic carbocycles. The Hall–Kier alpha value is -11.9. The maximum absolute atomic E-state index is 16.2. The number of ether oxygens (including phenoxy) is 12. The first kappa shape index (κ1) is 89.4. The number of carbonyl (C=O) groups is 6. The van der Waals surface area contributed by atoms with Crippen LogP contribution in [0.4, 0.5) is 0 Å². The maximum atomic E-state index is 16.2. The predicted molar refractivity (Wildman–Crippen MR) is 395 cm³/mol. The minimum atomic E-state index is -2.67. The zero-order chi connectivity index (χ0) is 89.1. The molecule has 3 amide bonds. The number of aromatic hydroxyl groups is 15. The zero-order valence-electron chi connectivity index (χ0n) is 64.3. The molecule has 45 nitrogen and oxygen atoms in total. The Morgan fingerprint density at radius 2 is 0.836 bits per heavy atom. The molecule has 6 aliphatic heterocycles. The number of phenolic OH excluding ortho intramolecular Hbond substituents is 15. The number of hydrogen-bond acceptors (Lipinski definition) is 41. The van der Waals surface area contributed by atoms with Gasteiger partial charge in [-0.05, 0) is 62.4 Å². The number of hydrogen-bond donors (Lipinski definition) is 27. The number of nitrogens with one attached hydrogen (secondary N) is 3. The van der Waals surface area contributed by atoms with E-state index in [1.165, 1.54) is 13.8 Å². The fourth-order valence-corrected chi connectivity index (χ4v) is 15.5. The monoisotopic (exact) mass is 1730 g/mol. The molecule has 6 aliphatic rings. The van der Waals surface area contributed by atoms with Crippen molar-refractivity contribution in [2.45, 2.75) is 193 Å². The third-order valence-corrected chi connectivity index (χ3v) is 21.6. The minimum absolute atomic E-state index is 0.0836. The number of fused-ring (bicyclic) bond motifs is 2. The van der Waals surface area contributed by atoms with Gasteiger partial charge in [-0.3, -0.25) is 14.4 Å². The van der Waals surface area contributed by atoms with Crippen LogP contribution in [-0.4, -0.2) is 320 Å². The summed E-state index contributed by atoms with van der Waals surface area (Å²) in [6.07, 6.45) is -48.3. The normalized spacial score (nSPS) is 30.2. The number of aliphatic carboxylic acids is 1. The van der Waals surface area contributed by atoms with Crippen LogP contribution in [0.5, 0.6) is 97.7 Å². The number of esters is 2. The van der Waals surface area contributed by atoms with Crippen molar-refractivity contribution in [2.24, 2.45) is 0 Å². The van der Waals surface area contributed by atoms with E-state index in [0.29, 0.717) is 24.3 Å². The highest BCUT2D eigenvalue weighted by Gasteiger charge is 2.59.